The van der Waals surface area contributed by atoms with E-state index in [1.165, 1.54) is 12.8 Å². The average Bonchev–Trinajstić information content (AvgIpc) is 2.75. The van der Waals surface area contributed by atoms with Crippen LogP contribution >= 0.6 is 0 Å². The molecule has 0 spiro atoms. The van der Waals surface area contributed by atoms with Crippen molar-refractivity contribution in [1.29, 1.82) is 0 Å². The number of nitrogens with zero attached hydrogens (tertiary/aromatic N) is 2. The standard InChI is InChI=1S/C17H23N3O2/c1-12-7-9-13(10-8-12)18-16(21)11-20-15-6-4-3-5-14(15)19(2)17(20)22/h3-6,12-13H,7-11H2,1-2H3,(H,18,21). The summed E-state index contributed by atoms with van der Waals surface area (Å²) in [4.78, 5) is 24.6. The fourth-order valence-electron chi connectivity index (χ4n) is 3.34. The Morgan fingerprint density at radius 3 is 2.50 bits per heavy atom. The van der Waals surface area contributed by atoms with E-state index < -0.39 is 0 Å². The maximum absolute atomic E-state index is 12.3. The van der Waals surface area contributed by atoms with Gasteiger partial charge in [0.1, 0.15) is 6.54 Å². The number of imidazole rings is 1. The van der Waals surface area contributed by atoms with E-state index in [0.29, 0.717) is 0 Å². The first-order chi connectivity index (χ1) is 10.6. The van der Waals surface area contributed by atoms with Gasteiger partial charge in [0.15, 0.2) is 0 Å². The van der Waals surface area contributed by atoms with Crippen LogP contribution in [0.2, 0.25) is 0 Å². The molecule has 5 nitrogen and oxygen atoms in total. The van der Waals surface area contributed by atoms with Crippen molar-refractivity contribution in [3.05, 3.63) is 34.7 Å². The number of nitrogens with one attached hydrogen (secondary N) is 1. The molecule has 1 fully saturated rings. The molecule has 1 heterocycles. The molecule has 0 radical (unpaired) electrons. The smallest absolute Gasteiger partial charge is 0.329 e. The first-order valence-electron chi connectivity index (χ1n) is 8.00. The Kier molecular flexibility index (Phi) is 4.05. The molecule has 0 saturated heterocycles. The lowest BCUT2D eigenvalue weighted by Crippen LogP contribution is -2.40. The van der Waals surface area contributed by atoms with E-state index in [9.17, 15) is 9.59 Å². The van der Waals surface area contributed by atoms with E-state index in [0.717, 1.165) is 29.8 Å². The zero-order valence-electron chi connectivity index (χ0n) is 13.2. The van der Waals surface area contributed by atoms with Gasteiger partial charge < -0.3 is 5.32 Å². The number of carbonyl (C=O) groups is 1. The van der Waals surface area contributed by atoms with E-state index in [1.807, 2.05) is 24.3 Å². The van der Waals surface area contributed by atoms with Gasteiger partial charge in [0.25, 0.3) is 0 Å². The number of rotatable bonds is 3. The highest BCUT2D eigenvalue weighted by molar-refractivity contribution is 5.81. The lowest BCUT2D eigenvalue weighted by atomic mass is 9.87. The Labute approximate surface area is 129 Å². The fraction of sp³-hybridized carbons (Fsp3) is 0.529. The third-order valence-electron chi connectivity index (χ3n) is 4.73. The summed E-state index contributed by atoms with van der Waals surface area (Å²) in [7, 11) is 1.74. The number of amides is 1. The third kappa shape index (κ3) is 2.80. The predicted molar refractivity (Wildman–Crippen MR) is 86.7 cm³/mol. The van der Waals surface area contributed by atoms with E-state index in [2.05, 4.69) is 12.2 Å². The summed E-state index contributed by atoms with van der Waals surface area (Å²) in [5.41, 5.74) is 1.52. The molecule has 0 bridgehead atoms. The quantitative estimate of drug-likeness (QED) is 0.943. The van der Waals surface area contributed by atoms with Crippen LogP contribution in [0.25, 0.3) is 11.0 Å². The molecular weight excluding hydrogens is 278 g/mol. The van der Waals surface area contributed by atoms with Crippen molar-refractivity contribution in [3.63, 3.8) is 0 Å². The Balaban J connectivity index is 1.75. The monoisotopic (exact) mass is 301 g/mol. The van der Waals surface area contributed by atoms with Crippen LogP contribution in [0.15, 0.2) is 29.1 Å². The zero-order chi connectivity index (χ0) is 15.7. The van der Waals surface area contributed by atoms with Gasteiger partial charge in [-0.1, -0.05) is 19.1 Å². The molecule has 2 aromatic rings. The van der Waals surface area contributed by atoms with Crippen molar-refractivity contribution >= 4 is 16.9 Å². The second-order valence-corrected chi connectivity index (χ2v) is 6.44. The SMILES string of the molecule is CC1CCC(NC(=O)Cn2c(=O)n(C)c3ccccc32)CC1. The Hall–Kier alpha value is -2.04. The number of carbonyl (C=O) groups excluding carboxylic acids is 1. The molecule has 118 valence electrons. The highest BCUT2D eigenvalue weighted by Crippen LogP contribution is 2.23. The van der Waals surface area contributed by atoms with Crippen LogP contribution in [-0.2, 0) is 18.4 Å². The lowest BCUT2D eigenvalue weighted by Gasteiger charge is -2.26. The van der Waals surface area contributed by atoms with Gasteiger partial charge in [0.2, 0.25) is 5.91 Å². The molecule has 22 heavy (non-hydrogen) atoms. The van der Waals surface area contributed by atoms with Crippen LogP contribution in [0.3, 0.4) is 0 Å². The number of hydrogen-bond acceptors (Lipinski definition) is 2. The second kappa shape index (κ2) is 5.99. The van der Waals surface area contributed by atoms with E-state index in [4.69, 9.17) is 0 Å². The summed E-state index contributed by atoms with van der Waals surface area (Å²) in [6.07, 6.45) is 4.41. The Bertz CT molecular complexity index is 736. The minimum atomic E-state index is -0.145. The van der Waals surface area contributed by atoms with Crippen molar-refractivity contribution in [3.8, 4) is 0 Å². The molecule has 1 aliphatic carbocycles. The van der Waals surface area contributed by atoms with Crippen LogP contribution in [0.5, 0.6) is 0 Å². The number of hydrogen-bond donors (Lipinski definition) is 1. The molecule has 0 unspecified atom stereocenters. The first-order valence-corrected chi connectivity index (χ1v) is 8.00. The summed E-state index contributed by atoms with van der Waals surface area (Å²) in [5, 5.41) is 3.08. The van der Waals surface area contributed by atoms with Crippen molar-refractivity contribution in [2.45, 2.75) is 45.2 Å². The summed E-state index contributed by atoms with van der Waals surface area (Å²) in [6, 6.07) is 7.82. The molecule has 1 amide bonds. The highest BCUT2D eigenvalue weighted by atomic mass is 16.2. The van der Waals surface area contributed by atoms with Gasteiger partial charge in [-0.05, 0) is 43.7 Å². The molecule has 3 rings (SSSR count). The molecule has 0 atom stereocenters. The van der Waals surface area contributed by atoms with E-state index >= 15 is 0 Å². The molecule has 0 aliphatic heterocycles. The van der Waals surface area contributed by atoms with Crippen LogP contribution in [0.1, 0.15) is 32.6 Å². The number of benzene rings is 1. The number of para-hydroxylation sites is 2. The molecule has 1 aromatic heterocycles. The number of aryl methyl sites for hydroxylation is 1. The van der Waals surface area contributed by atoms with Gasteiger partial charge in [0, 0.05) is 13.1 Å². The van der Waals surface area contributed by atoms with Crippen molar-refractivity contribution < 1.29 is 4.79 Å². The molecule has 1 saturated carbocycles. The normalized spacial score (nSPS) is 21.9. The maximum atomic E-state index is 12.3. The lowest BCUT2D eigenvalue weighted by molar-refractivity contribution is -0.122. The summed E-state index contributed by atoms with van der Waals surface area (Å²) < 4.78 is 3.14. The maximum Gasteiger partial charge on any atom is 0.329 e. The van der Waals surface area contributed by atoms with Crippen LogP contribution in [-0.4, -0.2) is 21.1 Å². The van der Waals surface area contributed by atoms with Crippen molar-refractivity contribution in [2.75, 3.05) is 0 Å². The highest BCUT2D eigenvalue weighted by Gasteiger charge is 2.20. The van der Waals surface area contributed by atoms with Gasteiger partial charge in [-0.3, -0.25) is 13.9 Å². The molecule has 5 heteroatoms. The van der Waals surface area contributed by atoms with E-state index in [1.54, 1.807) is 16.2 Å². The van der Waals surface area contributed by atoms with Gasteiger partial charge in [-0.15, -0.1) is 0 Å². The Morgan fingerprint density at radius 2 is 1.82 bits per heavy atom. The summed E-state index contributed by atoms with van der Waals surface area (Å²) in [6.45, 7) is 2.35. The average molecular weight is 301 g/mol. The van der Waals surface area contributed by atoms with Crippen LogP contribution in [0.4, 0.5) is 0 Å². The third-order valence-corrected chi connectivity index (χ3v) is 4.73. The first kappa shape index (κ1) is 14.9. The van der Waals surface area contributed by atoms with Crippen molar-refractivity contribution in [2.24, 2.45) is 13.0 Å². The molecule has 1 aromatic carbocycles. The van der Waals surface area contributed by atoms with Crippen molar-refractivity contribution in [1.82, 2.24) is 14.5 Å². The van der Waals surface area contributed by atoms with Crippen LogP contribution in [0, 0.1) is 5.92 Å². The fourth-order valence-corrected chi connectivity index (χ4v) is 3.34. The summed E-state index contributed by atoms with van der Waals surface area (Å²) in [5.74, 6) is 0.687. The molecular formula is C17H23N3O2. The zero-order valence-corrected chi connectivity index (χ0v) is 13.2. The molecule has 1 N–H and O–H groups in total. The van der Waals surface area contributed by atoms with E-state index in [-0.39, 0.29) is 24.2 Å². The second-order valence-electron chi connectivity index (χ2n) is 6.44. The Morgan fingerprint density at radius 1 is 1.18 bits per heavy atom. The van der Waals surface area contributed by atoms with Gasteiger partial charge in [-0.2, -0.15) is 0 Å². The number of aromatic nitrogens is 2. The summed E-state index contributed by atoms with van der Waals surface area (Å²) >= 11 is 0. The van der Waals surface area contributed by atoms with Gasteiger partial charge in [-0.25, -0.2) is 4.79 Å². The van der Waals surface area contributed by atoms with Crippen LogP contribution < -0.4 is 11.0 Å². The van der Waals surface area contributed by atoms with Gasteiger partial charge >= 0.3 is 5.69 Å². The minimum absolute atomic E-state index is 0.0713. The number of fused-ring (bicyclic) bond motifs is 1. The topological polar surface area (TPSA) is 56.0 Å². The minimum Gasteiger partial charge on any atom is -0.352 e. The predicted octanol–water partition coefficient (Wildman–Crippen LogP) is 2.03. The van der Waals surface area contributed by atoms with Gasteiger partial charge in [0.05, 0.1) is 11.0 Å². The largest absolute Gasteiger partial charge is 0.352 e. The molecule has 1 aliphatic rings.